The maximum absolute atomic E-state index is 12.1. The van der Waals surface area contributed by atoms with Crippen LogP contribution in [0.1, 0.15) is 0 Å². The summed E-state index contributed by atoms with van der Waals surface area (Å²) in [6.07, 6.45) is 0. The predicted molar refractivity (Wildman–Crippen MR) is 81.3 cm³/mol. The van der Waals surface area contributed by atoms with Crippen LogP contribution in [0.15, 0.2) is 34.7 Å². The summed E-state index contributed by atoms with van der Waals surface area (Å²) >= 11 is 0.790. The summed E-state index contributed by atoms with van der Waals surface area (Å²) in [5, 5.41) is 0. The SMILES string of the molecule is COCCOc1nsc(S(=O)(=O)CCOc2ccccc2)n1. The Balaban J connectivity index is 1.87. The molecule has 2 aromatic rings. The normalized spacial score (nSPS) is 11.3. The first-order valence-corrected chi connectivity index (χ1v) is 8.90. The zero-order chi connectivity index (χ0) is 15.8. The molecule has 0 atom stereocenters. The summed E-state index contributed by atoms with van der Waals surface area (Å²) in [4.78, 5) is 3.87. The maximum atomic E-state index is 12.1. The van der Waals surface area contributed by atoms with E-state index >= 15 is 0 Å². The lowest BCUT2D eigenvalue weighted by atomic mass is 10.3. The molecule has 0 amide bonds. The fraction of sp³-hybridized carbons (Fsp3) is 0.385. The Morgan fingerprint density at radius 3 is 2.59 bits per heavy atom. The van der Waals surface area contributed by atoms with E-state index in [1.165, 1.54) is 0 Å². The first-order valence-electron chi connectivity index (χ1n) is 6.48. The van der Waals surface area contributed by atoms with E-state index in [-0.39, 0.29) is 29.3 Å². The Kier molecular flexibility index (Phi) is 6.10. The van der Waals surface area contributed by atoms with E-state index < -0.39 is 9.84 Å². The Morgan fingerprint density at radius 1 is 1.09 bits per heavy atom. The zero-order valence-electron chi connectivity index (χ0n) is 12.0. The van der Waals surface area contributed by atoms with Crippen molar-refractivity contribution in [2.45, 2.75) is 4.34 Å². The van der Waals surface area contributed by atoms with E-state index in [9.17, 15) is 8.42 Å². The van der Waals surface area contributed by atoms with Crippen LogP contribution in [0.3, 0.4) is 0 Å². The van der Waals surface area contributed by atoms with Gasteiger partial charge in [-0.25, -0.2) is 8.42 Å². The molecular weight excluding hydrogens is 328 g/mol. The molecule has 1 aromatic carbocycles. The molecule has 0 radical (unpaired) electrons. The third-order valence-electron chi connectivity index (χ3n) is 2.54. The van der Waals surface area contributed by atoms with Gasteiger partial charge in [-0.1, -0.05) is 18.2 Å². The number of nitrogens with zero attached hydrogens (tertiary/aromatic N) is 2. The number of rotatable bonds is 9. The summed E-state index contributed by atoms with van der Waals surface area (Å²) in [5.41, 5.74) is 0. The first-order chi connectivity index (χ1) is 10.6. The van der Waals surface area contributed by atoms with Crippen LogP contribution < -0.4 is 9.47 Å². The van der Waals surface area contributed by atoms with Crippen molar-refractivity contribution >= 4 is 21.4 Å². The van der Waals surface area contributed by atoms with Gasteiger partial charge in [0.2, 0.25) is 14.2 Å². The van der Waals surface area contributed by atoms with Crippen LogP contribution in [0.2, 0.25) is 0 Å². The monoisotopic (exact) mass is 344 g/mol. The largest absolute Gasteiger partial charge is 0.493 e. The number of methoxy groups -OCH3 is 1. The van der Waals surface area contributed by atoms with Gasteiger partial charge in [0.25, 0.3) is 0 Å². The van der Waals surface area contributed by atoms with Crippen molar-refractivity contribution in [1.82, 2.24) is 9.36 Å². The Morgan fingerprint density at radius 2 is 1.86 bits per heavy atom. The number of ether oxygens (including phenoxy) is 3. The third kappa shape index (κ3) is 4.93. The van der Waals surface area contributed by atoms with Crippen LogP contribution in [0.25, 0.3) is 0 Å². The number of benzene rings is 1. The molecule has 0 saturated heterocycles. The minimum absolute atomic E-state index is 0.0459. The average Bonchev–Trinajstić information content (AvgIpc) is 2.98. The van der Waals surface area contributed by atoms with Crippen molar-refractivity contribution < 1.29 is 22.6 Å². The predicted octanol–water partition coefficient (Wildman–Crippen LogP) is 1.42. The zero-order valence-corrected chi connectivity index (χ0v) is 13.6. The van der Waals surface area contributed by atoms with Gasteiger partial charge in [-0.05, 0) is 12.1 Å². The van der Waals surface area contributed by atoms with E-state index in [1.54, 1.807) is 19.2 Å². The minimum atomic E-state index is -3.53. The second kappa shape index (κ2) is 8.06. The molecule has 2 rings (SSSR count). The van der Waals surface area contributed by atoms with Gasteiger partial charge in [-0.15, -0.1) is 4.37 Å². The summed E-state index contributed by atoms with van der Waals surface area (Å²) in [6.45, 7) is 0.696. The van der Waals surface area contributed by atoms with E-state index in [1.807, 2.05) is 18.2 Å². The van der Waals surface area contributed by atoms with Crippen LogP contribution >= 0.6 is 11.5 Å². The van der Waals surface area contributed by atoms with Gasteiger partial charge in [0.15, 0.2) is 0 Å². The van der Waals surface area contributed by atoms with Gasteiger partial charge in [-0.3, -0.25) is 0 Å². The van der Waals surface area contributed by atoms with Crippen molar-refractivity contribution in [2.75, 3.05) is 32.7 Å². The molecule has 0 aliphatic carbocycles. The summed E-state index contributed by atoms with van der Waals surface area (Å²) in [6, 6.07) is 9.06. The highest BCUT2D eigenvalue weighted by atomic mass is 32.2. The Hall–Kier alpha value is -1.71. The summed E-state index contributed by atoms with van der Waals surface area (Å²) in [7, 11) is -1.99. The minimum Gasteiger partial charge on any atom is -0.493 e. The topological polar surface area (TPSA) is 87.6 Å². The van der Waals surface area contributed by atoms with Crippen LogP contribution in [0.5, 0.6) is 11.8 Å². The highest BCUT2D eigenvalue weighted by Gasteiger charge is 2.21. The van der Waals surface area contributed by atoms with Gasteiger partial charge < -0.3 is 14.2 Å². The summed E-state index contributed by atoms with van der Waals surface area (Å²) < 4.78 is 43.4. The molecule has 0 saturated carbocycles. The molecule has 0 spiro atoms. The fourth-order valence-electron chi connectivity index (χ4n) is 1.47. The molecule has 22 heavy (non-hydrogen) atoms. The van der Waals surface area contributed by atoms with Crippen molar-refractivity contribution in [3.63, 3.8) is 0 Å². The van der Waals surface area contributed by atoms with Gasteiger partial charge in [-0.2, -0.15) is 4.98 Å². The quantitative estimate of drug-likeness (QED) is 0.636. The van der Waals surface area contributed by atoms with Gasteiger partial charge in [0, 0.05) is 18.6 Å². The molecule has 0 aliphatic heterocycles. The number of hydrogen-bond acceptors (Lipinski definition) is 8. The molecule has 1 aromatic heterocycles. The standard InChI is InChI=1S/C13H16N2O5S2/c1-18-7-8-20-12-14-13(21-15-12)22(16,17)10-9-19-11-5-3-2-4-6-11/h2-6H,7-10H2,1H3. The highest BCUT2D eigenvalue weighted by molar-refractivity contribution is 7.93. The number of para-hydroxylation sites is 1. The van der Waals surface area contributed by atoms with Crippen molar-refractivity contribution in [2.24, 2.45) is 0 Å². The van der Waals surface area contributed by atoms with Gasteiger partial charge >= 0.3 is 6.01 Å². The smallest absolute Gasteiger partial charge is 0.329 e. The van der Waals surface area contributed by atoms with Crippen molar-refractivity contribution in [3.8, 4) is 11.8 Å². The average molecular weight is 344 g/mol. The van der Waals surface area contributed by atoms with E-state index in [2.05, 4.69) is 9.36 Å². The van der Waals surface area contributed by atoms with Crippen molar-refractivity contribution in [3.05, 3.63) is 30.3 Å². The van der Waals surface area contributed by atoms with Gasteiger partial charge in [0.05, 0.1) is 12.4 Å². The molecular formula is C13H16N2O5S2. The van der Waals surface area contributed by atoms with Crippen LogP contribution in [-0.4, -0.2) is 50.5 Å². The third-order valence-corrected chi connectivity index (χ3v) is 5.35. The molecule has 120 valence electrons. The van der Waals surface area contributed by atoms with Crippen molar-refractivity contribution in [1.29, 1.82) is 0 Å². The molecule has 1 heterocycles. The second-order valence-electron chi connectivity index (χ2n) is 4.16. The van der Waals surface area contributed by atoms with Crippen LogP contribution in [0, 0.1) is 0 Å². The number of sulfone groups is 1. The molecule has 0 aliphatic rings. The highest BCUT2D eigenvalue weighted by Crippen LogP contribution is 2.18. The lowest BCUT2D eigenvalue weighted by molar-refractivity contribution is 0.141. The molecule has 7 nitrogen and oxygen atoms in total. The van der Waals surface area contributed by atoms with Gasteiger partial charge in [0.1, 0.15) is 19.0 Å². The lowest BCUT2D eigenvalue weighted by Crippen LogP contribution is -2.14. The van der Waals surface area contributed by atoms with Crippen LogP contribution in [-0.2, 0) is 14.6 Å². The number of hydrogen-bond donors (Lipinski definition) is 0. The molecule has 0 fully saturated rings. The Bertz CT molecular complexity index is 673. The summed E-state index contributed by atoms with van der Waals surface area (Å²) in [5.74, 6) is 0.452. The first kappa shape index (κ1) is 16.7. The van der Waals surface area contributed by atoms with Crippen LogP contribution in [0.4, 0.5) is 0 Å². The molecule has 0 unspecified atom stereocenters. The number of aromatic nitrogens is 2. The fourth-order valence-corrected chi connectivity index (χ4v) is 3.35. The van der Waals surface area contributed by atoms with E-state index in [0.717, 1.165) is 11.5 Å². The molecule has 9 heteroatoms. The second-order valence-corrected chi connectivity index (χ2v) is 7.20. The molecule has 0 bridgehead atoms. The lowest BCUT2D eigenvalue weighted by Gasteiger charge is -2.05. The Labute approximate surface area is 132 Å². The molecule has 0 N–H and O–H groups in total. The van der Waals surface area contributed by atoms with E-state index in [0.29, 0.717) is 12.4 Å². The van der Waals surface area contributed by atoms with E-state index in [4.69, 9.17) is 14.2 Å². The maximum Gasteiger partial charge on any atom is 0.329 e.